The lowest BCUT2D eigenvalue weighted by molar-refractivity contribution is 0.432. The number of nitrogens with zero attached hydrogens (tertiary/aromatic N) is 1. The van der Waals surface area contributed by atoms with Crippen molar-refractivity contribution < 1.29 is 13.9 Å². The molecular formula is C21H14F2N2O. The lowest BCUT2D eigenvalue weighted by atomic mass is 10.1. The van der Waals surface area contributed by atoms with Gasteiger partial charge in [0.1, 0.15) is 5.82 Å². The predicted molar refractivity (Wildman–Crippen MR) is 98.5 cm³/mol. The second kappa shape index (κ2) is 6.44. The Kier molecular flexibility index (Phi) is 3.97. The van der Waals surface area contributed by atoms with E-state index in [1.165, 1.54) is 24.3 Å². The van der Waals surface area contributed by atoms with E-state index in [9.17, 15) is 13.9 Å². The van der Waals surface area contributed by atoms with Crippen LogP contribution in [0.15, 0.2) is 72.8 Å². The zero-order valence-electron chi connectivity index (χ0n) is 13.6. The molecule has 0 aliphatic carbocycles. The van der Waals surface area contributed by atoms with E-state index in [4.69, 9.17) is 0 Å². The fourth-order valence-corrected chi connectivity index (χ4v) is 2.79. The molecule has 0 aliphatic rings. The molecule has 0 radical (unpaired) electrons. The van der Waals surface area contributed by atoms with Crippen molar-refractivity contribution in [2.24, 2.45) is 0 Å². The van der Waals surface area contributed by atoms with Gasteiger partial charge in [0.15, 0.2) is 11.6 Å². The van der Waals surface area contributed by atoms with E-state index in [0.29, 0.717) is 11.4 Å². The maximum Gasteiger partial charge on any atom is 0.166 e. The molecule has 0 fully saturated rings. The van der Waals surface area contributed by atoms with Gasteiger partial charge in [-0.15, -0.1) is 0 Å². The van der Waals surface area contributed by atoms with Crippen LogP contribution in [0.2, 0.25) is 0 Å². The maximum absolute atomic E-state index is 13.6. The molecule has 0 amide bonds. The highest BCUT2D eigenvalue weighted by Crippen LogP contribution is 2.31. The van der Waals surface area contributed by atoms with Gasteiger partial charge in [-0.25, -0.2) is 13.8 Å². The first-order valence-electron chi connectivity index (χ1n) is 8.01. The van der Waals surface area contributed by atoms with Gasteiger partial charge < -0.3 is 10.4 Å². The predicted octanol–water partition coefficient (Wildman–Crippen LogP) is 5.63. The summed E-state index contributed by atoms with van der Waals surface area (Å²) < 4.78 is 26.8. The molecule has 0 spiro atoms. The van der Waals surface area contributed by atoms with Crippen molar-refractivity contribution in [3.8, 4) is 17.0 Å². The van der Waals surface area contributed by atoms with Crippen molar-refractivity contribution in [1.82, 2.24) is 4.98 Å². The lowest BCUT2D eigenvalue weighted by Gasteiger charge is -2.12. The van der Waals surface area contributed by atoms with Crippen molar-refractivity contribution in [3.63, 3.8) is 0 Å². The Hall–Kier alpha value is -3.47. The number of benzene rings is 3. The number of para-hydroxylation sites is 1. The van der Waals surface area contributed by atoms with E-state index >= 15 is 0 Å². The minimum atomic E-state index is -0.702. The summed E-state index contributed by atoms with van der Waals surface area (Å²) in [5, 5.41) is 13.4. The fourth-order valence-electron chi connectivity index (χ4n) is 2.79. The van der Waals surface area contributed by atoms with Gasteiger partial charge >= 0.3 is 0 Å². The SMILES string of the molecule is Oc1ccc(Nc2cc(-c3ccc(F)cc3)nc3ccccc23)cc1F. The second-order valence-corrected chi connectivity index (χ2v) is 5.87. The average molecular weight is 348 g/mol. The van der Waals surface area contributed by atoms with Crippen molar-refractivity contribution in [2.75, 3.05) is 5.32 Å². The Morgan fingerprint density at radius 1 is 0.846 bits per heavy atom. The van der Waals surface area contributed by atoms with Crippen LogP contribution in [0, 0.1) is 11.6 Å². The van der Waals surface area contributed by atoms with Crippen molar-refractivity contribution in [3.05, 3.63) is 84.4 Å². The average Bonchev–Trinajstić information content (AvgIpc) is 2.65. The first kappa shape index (κ1) is 16.0. The first-order valence-corrected chi connectivity index (χ1v) is 8.01. The molecule has 0 saturated heterocycles. The Bertz CT molecular complexity index is 1090. The first-order chi connectivity index (χ1) is 12.6. The quantitative estimate of drug-likeness (QED) is 0.472. The summed E-state index contributed by atoms with van der Waals surface area (Å²) >= 11 is 0. The number of hydrogen-bond donors (Lipinski definition) is 2. The van der Waals surface area contributed by atoms with Crippen LogP contribution < -0.4 is 5.32 Å². The van der Waals surface area contributed by atoms with Crippen LogP contribution in [0.25, 0.3) is 22.2 Å². The molecule has 0 atom stereocenters. The Balaban J connectivity index is 1.84. The Morgan fingerprint density at radius 2 is 1.62 bits per heavy atom. The third-order valence-corrected chi connectivity index (χ3v) is 4.08. The summed E-state index contributed by atoms with van der Waals surface area (Å²) in [6, 6.07) is 19.6. The number of fused-ring (bicyclic) bond motifs is 1. The highest BCUT2D eigenvalue weighted by atomic mass is 19.1. The van der Waals surface area contributed by atoms with Crippen LogP contribution in [-0.2, 0) is 0 Å². The monoisotopic (exact) mass is 348 g/mol. The van der Waals surface area contributed by atoms with Crippen LogP contribution in [0.1, 0.15) is 0 Å². The molecule has 5 heteroatoms. The van der Waals surface area contributed by atoms with E-state index in [1.54, 1.807) is 18.2 Å². The summed E-state index contributed by atoms with van der Waals surface area (Å²) in [4.78, 5) is 4.63. The molecule has 0 unspecified atom stereocenters. The summed E-state index contributed by atoms with van der Waals surface area (Å²) in [7, 11) is 0. The molecule has 26 heavy (non-hydrogen) atoms. The Morgan fingerprint density at radius 3 is 2.38 bits per heavy atom. The van der Waals surface area contributed by atoms with Crippen LogP contribution in [0.5, 0.6) is 5.75 Å². The smallest absolute Gasteiger partial charge is 0.166 e. The number of hydrogen-bond acceptors (Lipinski definition) is 3. The van der Waals surface area contributed by atoms with Gasteiger partial charge in [-0.05, 0) is 48.5 Å². The molecule has 1 aromatic heterocycles. The molecular weight excluding hydrogens is 334 g/mol. The van der Waals surface area contributed by atoms with E-state index < -0.39 is 11.6 Å². The fraction of sp³-hybridized carbons (Fsp3) is 0. The summed E-state index contributed by atoms with van der Waals surface area (Å²) in [6.07, 6.45) is 0. The van der Waals surface area contributed by atoms with Crippen molar-refractivity contribution >= 4 is 22.3 Å². The molecule has 0 bridgehead atoms. The third kappa shape index (κ3) is 3.07. The normalized spacial score (nSPS) is 10.8. The molecule has 3 nitrogen and oxygen atoms in total. The zero-order chi connectivity index (χ0) is 18.1. The topological polar surface area (TPSA) is 45.1 Å². The van der Waals surface area contributed by atoms with Crippen molar-refractivity contribution in [1.29, 1.82) is 0 Å². The highest BCUT2D eigenvalue weighted by molar-refractivity contribution is 5.95. The van der Waals surface area contributed by atoms with Crippen molar-refractivity contribution in [2.45, 2.75) is 0 Å². The van der Waals surface area contributed by atoms with Gasteiger partial charge in [-0.2, -0.15) is 0 Å². The number of halogens is 2. The molecule has 2 N–H and O–H groups in total. The number of anilines is 2. The van der Waals surface area contributed by atoms with Gasteiger partial charge in [0.2, 0.25) is 0 Å². The minimum absolute atomic E-state index is 0.313. The molecule has 3 aromatic carbocycles. The number of phenolic OH excluding ortho intramolecular Hbond substituents is 1. The lowest BCUT2D eigenvalue weighted by Crippen LogP contribution is -1.95. The number of phenols is 1. The highest BCUT2D eigenvalue weighted by Gasteiger charge is 2.09. The van der Waals surface area contributed by atoms with E-state index in [0.717, 1.165) is 22.2 Å². The molecule has 1 heterocycles. The number of rotatable bonds is 3. The third-order valence-electron chi connectivity index (χ3n) is 4.08. The standard InChI is InChI=1S/C21H14F2N2O/c22-14-7-5-13(6-8-14)19-12-20(16-3-1-2-4-18(16)25-19)24-15-9-10-21(26)17(23)11-15/h1-12,26H,(H,24,25). The molecule has 0 aliphatic heterocycles. The van der Waals surface area contributed by atoms with Gasteiger partial charge in [0.05, 0.1) is 16.9 Å². The molecule has 4 rings (SSSR count). The minimum Gasteiger partial charge on any atom is -0.505 e. The summed E-state index contributed by atoms with van der Waals surface area (Å²) in [6.45, 7) is 0. The molecule has 128 valence electrons. The van der Waals surface area contributed by atoms with E-state index in [-0.39, 0.29) is 5.82 Å². The zero-order valence-corrected chi connectivity index (χ0v) is 13.6. The van der Waals surface area contributed by atoms with Crippen LogP contribution in [-0.4, -0.2) is 10.1 Å². The van der Waals surface area contributed by atoms with Gasteiger partial charge in [0.25, 0.3) is 0 Å². The van der Waals surface area contributed by atoms with Gasteiger partial charge in [-0.1, -0.05) is 18.2 Å². The number of nitrogens with one attached hydrogen (secondary N) is 1. The largest absolute Gasteiger partial charge is 0.505 e. The number of aromatic nitrogens is 1. The van der Waals surface area contributed by atoms with Gasteiger partial charge in [0, 0.05) is 22.7 Å². The summed E-state index contributed by atoms with van der Waals surface area (Å²) in [5.41, 5.74) is 3.44. The number of pyridine rings is 1. The maximum atomic E-state index is 13.6. The van der Waals surface area contributed by atoms with E-state index in [2.05, 4.69) is 10.3 Å². The van der Waals surface area contributed by atoms with Crippen LogP contribution in [0.4, 0.5) is 20.2 Å². The van der Waals surface area contributed by atoms with Gasteiger partial charge in [-0.3, -0.25) is 0 Å². The molecule has 0 saturated carbocycles. The van der Waals surface area contributed by atoms with Crippen LogP contribution >= 0.6 is 0 Å². The van der Waals surface area contributed by atoms with E-state index in [1.807, 2.05) is 30.3 Å². The summed E-state index contributed by atoms with van der Waals surface area (Å²) in [5.74, 6) is -1.42. The Labute approximate surface area is 148 Å². The molecule has 4 aromatic rings. The second-order valence-electron chi connectivity index (χ2n) is 5.87. The number of aromatic hydroxyl groups is 1. The van der Waals surface area contributed by atoms with Crippen LogP contribution in [0.3, 0.4) is 0 Å².